The molecule has 0 aliphatic heterocycles. The van der Waals surface area contributed by atoms with Crippen LogP contribution >= 0.6 is 0 Å². The van der Waals surface area contributed by atoms with E-state index >= 15 is 0 Å². The Hall–Kier alpha value is -2.54. The molecular formula is C19H23NO5S. The molecule has 26 heavy (non-hydrogen) atoms. The van der Waals surface area contributed by atoms with E-state index in [1.165, 1.54) is 37.4 Å². The van der Waals surface area contributed by atoms with Crippen molar-refractivity contribution in [3.63, 3.8) is 0 Å². The summed E-state index contributed by atoms with van der Waals surface area (Å²) in [7, 11) is -2.20. The van der Waals surface area contributed by atoms with Crippen molar-refractivity contribution in [3.8, 4) is 5.75 Å². The molecule has 0 spiro atoms. The predicted molar refractivity (Wildman–Crippen MR) is 100 cm³/mol. The molecule has 140 valence electrons. The van der Waals surface area contributed by atoms with Crippen LogP contribution in [0, 0.1) is 6.92 Å². The fourth-order valence-corrected chi connectivity index (χ4v) is 3.44. The fourth-order valence-electron chi connectivity index (χ4n) is 2.30. The van der Waals surface area contributed by atoms with Crippen molar-refractivity contribution in [3.05, 3.63) is 53.6 Å². The molecule has 0 bridgehead atoms. The fraction of sp³-hybridized carbons (Fsp3) is 0.316. The largest absolute Gasteiger partial charge is 0.496 e. The van der Waals surface area contributed by atoms with Crippen LogP contribution in [0.15, 0.2) is 47.4 Å². The lowest BCUT2D eigenvalue weighted by Crippen LogP contribution is -2.13. The topological polar surface area (TPSA) is 81.7 Å². The molecule has 0 heterocycles. The summed E-state index contributed by atoms with van der Waals surface area (Å²) in [5, 5.41) is 0. The van der Waals surface area contributed by atoms with Gasteiger partial charge in [-0.3, -0.25) is 4.72 Å². The summed E-state index contributed by atoms with van der Waals surface area (Å²) in [5.41, 5.74) is 1.47. The highest BCUT2D eigenvalue weighted by Crippen LogP contribution is 2.23. The Morgan fingerprint density at radius 3 is 2.38 bits per heavy atom. The first-order chi connectivity index (χ1) is 12.4. The Morgan fingerprint density at radius 1 is 1.12 bits per heavy atom. The summed E-state index contributed by atoms with van der Waals surface area (Å²) in [6.07, 6.45) is 1.75. The van der Waals surface area contributed by atoms with Gasteiger partial charge < -0.3 is 9.47 Å². The van der Waals surface area contributed by atoms with Crippen molar-refractivity contribution < 1.29 is 22.7 Å². The average molecular weight is 377 g/mol. The Bertz CT molecular complexity index is 860. The van der Waals surface area contributed by atoms with Crippen LogP contribution in [0.5, 0.6) is 5.75 Å². The smallest absolute Gasteiger partial charge is 0.338 e. The van der Waals surface area contributed by atoms with Gasteiger partial charge in [-0.25, -0.2) is 13.2 Å². The average Bonchev–Trinajstić information content (AvgIpc) is 2.62. The third-order valence-corrected chi connectivity index (χ3v) is 5.16. The lowest BCUT2D eigenvalue weighted by atomic mass is 10.2. The molecule has 0 aromatic heterocycles. The molecule has 6 nitrogen and oxygen atoms in total. The van der Waals surface area contributed by atoms with Crippen molar-refractivity contribution in [2.75, 3.05) is 18.4 Å². The summed E-state index contributed by atoms with van der Waals surface area (Å²) in [4.78, 5) is 12.0. The number of sulfonamides is 1. The van der Waals surface area contributed by atoms with Gasteiger partial charge in [-0.15, -0.1) is 0 Å². The second-order valence-electron chi connectivity index (χ2n) is 5.80. The molecule has 2 rings (SSSR count). The number of anilines is 1. The highest BCUT2D eigenvalue weighted by Gasteiger charge is 2.16. The highest BCUT2D eigenvalue weighted by molar-refractivity contribution is 7.92. The first-order valence-electron chi connectivity index (χ1n) is 8.32. The van der Waals surface area contributed by atoms with E-state index in [-0.39, 0.29) is 4.90 Å². The second kappa shape index (κ2) is 8.71. The number of esters is 1. The Kier molecular flexibility index (Phi) is 6.63. The molecule has 0 atom stereocenters. The van der Waals surface area contributed by atoms with Gasteiger partial charge in [-0.2, -0.15) is 0 Å². The molecule has 0 radical (unpaired) electrons. The van der Waals surface area contributed by atoms with Crippen LogP contribution in [0.4, 0.5) is 5.69 Å². The maximum absolute atomic E-state index is 12.5. The summed E-state index contributed by atoms with van der Waals surface area (Å²) in [6.45, 7) is 4.16. The zero-order valence-electron chi connectivity index (χ0n) is 15.1. The van der Waals surface area contributed by atoms with Crippen molar-refractivity contribution in [1.29, 1.82) is 0 Å². The monoisotopic (exact) mass is 377 g/mol. The van der Waals surface area contributed by atoms with E-state index in [2.05, 4.69) is 4.72 Å². The molecule has 0 aliphatic rings. The third kappa shape index (κ3) is 4.98. The minimum atomic E-state index is -3.73. The SMILES string of the molecule is CCCCOC(=O)c1ccc(NS(=O)(=O)c2ccc(OC)c(C)c2)cc1. The minimum Gasteiger partial charge on any atom is -0.496 e. The first-order valence-corrected chi connectivity index (χ1v) is 9.80. The third-order valence-electron chi connectivity index (χ3n) is 3.78. The number of carbonyl (C=O) groups excluding carboxylic acids is 1. The number of nitrogens with one attached hydrogen (secondary N) is 1. The molecule has 0 aliphatic carbocycles. The predicted octanol–water partition coefficient (Wildman–Crippen LogP) is 3.76. The molecular weight excluding hydrogens is 354 g/mol. The molecule has 1 N–H and O–H groups in total. The van der Waals surface area contributed by atoms with Crippen LogP contribution in [0.3, 0.4) is 0 Å². The number of unbranched alkanes of at least 4 members (excludes halogenated alkanes) is 1. The van der Waals surface area contributed by atoms with E-state index in [9.17, 15) is 13.2 Å². The number of aryl methyl sites for hydroxylation is 1. The number of hydrogen-bond donors (Lipinski definition) is 1. The minimum absolute atomic E-state index is 0.138. The summed E-state index contributed by atoms with van der Waals surface area (Å²) < 4.78 is 37.8. The van der Waals surface area contributed by atoms with E-state index in [0.29, 0.717) is 23.6 Å². The number of rotatable bonds is 8. The number of carbonyl (C=O) groups is 1. The second-order valence-corrected chi connectivity index (χ2v) is 7.49. The lowest BCUT2D eigenvalue weighted by Gasteiger charge is -2.11. The molecule has 2 aromatic carbocycles. The van der Waals surface area contributed by atoms with Crippen molar-refractivity contribution in [2.24, 2.45) is 0 Å². The van der Waals surface area contributed by atoms with Gasteiger partial charge in [0, 0.05) is 5.69 Å². The van der Waals surface area contributed by atoms with Crippen LogP contribution in [-0.4, -0.2) is 28.1 Å². The molecule has 2 aromatic rings. The van der Waals surface area contributed by atoms with Crippen molar-refractivity contribution in [1.82, 2.24) is 0 Å². The Balaban J connectivity index is 2.10. The zero-order valence-corrected chi connectivity index (χ0v) is 15.9. The van der Waals surface area contributed by atoms with Gasteiger partial charge in [0.2, 0.25) is 0 Å². The van der Waals surface area contributed by atoms with Gasteiger partial charge in [-0.05, 0) is 61.4 Å². The molecule has 0 saturated heterocycles. The van der Waals surface area contributed by atoms with E-state index < -0.39 is 16.0 Å². The summed E-state index contributed by atoms with van der Waals surface area (Å²) >= 11 is 0. The Morgan fingerprint density at radius 2 is 1.81 bits per heavy atom. The molecule has 7 heteroatoms. The molecule has 0 fully saturated rings. The number of benzene rings is 2. The molecule has 0 saturated carbocycles. The van der Waals surface area contributed by atoms with E-state index in [0.717, 1.165) is 18.4 Å². The van der Waals surface area contributed by atoms with Crippen LogP contribution in [0.2, 0.25) is 0 Å². The number of ether oxygens (including phenoxy) is 2. The van der Waals surface area contributed by atoms with Crippen LogP contribution in [0.1, 0.15) is 35.7 Å². The molecule has 0 amide bonds. The maximum atomic E-state index is 12.5. The Labute approximate surface area is 154 Å². The quantitative estimate of drug-likeness (QED) is 0.559. The van der Waals surface area contributed by atoms with Gasteiger partial charge in [0.05, 0.1) is 24.2 Å². The number of methoxy groups -OCH3 is 1. The highest BCUT2D eigenvalue weighted by atomic mass is 32.2. The van der Waals surface area contributed by atoms with Crippen LogP contribution in [0.25, 0.3) is 0 Å². The van der Waals surface area contributed by atoms with Gasteiger partial charge in [0.15, 0.2) is 0 Å². The van der Waals surface area contributed by atoms with Gasteiger partial charge in [-0.1, -0.05) is 13.3 Å². The van der Waals surface area contributed by atoms with E-state index in [4.69, 9.17) is 9.47 Å². The molecule has 0 unspecified atom stereocenters. The van der Waals surface area contributed by atoms with E-state index in [1.54, 1.807) is 19.1 Å². The van der Waals surface area contributed by atoms with Gasteiger partial charge >= 0.3 is 5.97 Å². The standard InChI is InChI=1S/C19H23NO5S/c1-4-5-12-25-19(21)15-6-8-16(9-7-15)20-26(22,23)17-10-11-18(24-3)14(2)13-17/h6-11,13,20H,4-5,12H2,1-3H3. The van der Waals surface area contributed by atoms with Gasteiger partial charge in [0.25, 0.3) is 10.0 Å². The maximum Gasteiger partial charge on any atom is 0.338 e. The lowest BCUT2D eigenvalue weighted by molar-refractivity contribution is 0.0500. The van der Waals surface area contributed by atoms with Crippen molar-refractivity contribution in [2.45, 2.75) is 31.6 Å². The number of hydrogen-bond acceptors (Lipinski definition) is 5. The summed E-state index contributed by atoms with van der Waals surface area (Å²) in [5.74, 6) is 0.202. The van der Waals surface area contributed by atoms with E-state index in [1.807, 2.05) is 6.92 Å². The van der Waals surface area contributed by atoms with Crippen LogP contribution in [-0.2, 0) is 14.8 Å². The van der Waals surface area contributed by atoms with Crippen molar-refractivity contribution >= 4 is 21.7 Å². The van der Waals surface area contributed by atoms with Crippen LogP contribution < -0.4 is 9.46 Å². The summed E-state index contributed by atoms with van der Waals surface area (Å²) in [6, 6.07) is 10.8. The zero-order chi connectivity index (χ0) is 19.2. The first kappa shape index (κ1) is 19.8. The normalized spacial score (nSPS) is 11.0. The van der Waals surface area contributed by atoms with Gasteiger partial charge in [0.1, 0.15) is 5.75 Å².